The van der Waals surface area contributed by atoms with Crippen LogP contribution in [0.4, 0.5) is 0 Å². The summed E-state index contributed by atoms with van der Waals surface area (Å²) in [6, 6.07) is 14.6. The minimum atomic E-state index is -0.132. The molecule has 25 heavy (non-hydrogen) atoms. The molecule has 0 fully saturated rings. The Morgan fingerprint density at radius 2 is 1.80 bits per heavy atom. The number of carbonyl (C=O) groups is 2. The lowest BCUT2D eigenvalue weighted by Crippen LogP contribution is -2.25. The molecule has 0 unspecified atom stereocenters. The fraction of sp³-hybridized carbons (Fsp3) is 0.211. The van der Waals surface area contributed by atoms with Crippen molar-refractivity contribution in [3.63, 3.8) is 0 Å². The number of hydrogen-bond donors (Lipinski definition) is 1. The Morgan fingerprint density at radius 3 is 2.52 bits per heavy atom. The van der Waals surface area contributed by atoms with Crippen molar-refractivity contribution in [1.29, 1.82) is 0 Å². The van der Waals surface area contributed by atoms with Gasteiger partial charge in [0.15, 0.2) is 5.58 Å². The molecule has 0 aliphatic heterocycles. The third-order valence-corrected chi connectivity index (χ3v) is 3.88. The van der Waals surface area contributed by atoms with Gasteiger partial charge in [-0.1, -0.05) is 29.4 Å². The lowest BCUT2D eigenvalue weighted by molar-refractivity contribution is -0.120. The van der Waals surface area contributed by atoms with E-state index in [1.54, 1.807) is 26.2 Å². The van der Waals surface area contributed by atoms with E-state index < -0.39 is 0 Å². The maximum Gasteiger partial charge on any atom is 0.253 e. The van der Waals surface area contributed by atoms with Crippen molar-refractivity contribution in [3.8, 4) is 0 Å². The molecule has 0 saturated heterocycles. The van der Waals surface area contributed by atoms with Crippen LogP contribution in [0.5, 0.6) is 0 Å². The third kappa shape index (κ3) is 3.85. The summed E-state index contributed by atoms with van der Waals surface area (Å²) in [5.41, 5.74) is 2.84. The number of hydrogen-bond acceptors (Lipinski definition) is 4. The van der Waals surface area contributed by atoms with Crippen molar-refractivity contribution in [2.24, 2.45) is 0 Å². The standard InChI is InChI=1S/C19H19N3O3/c1-22(2)19(24)14-9-7-13(8-10-14)12-20-18(23)11-16-15-5-3-4-6-17(15)25-21-16/h3-10H,11-12H2,1-2H3,(H,20,23). The fourth-order valence-corrected chi connectivity index (χ4v) is 2.50. The van der Waals surface area contributed by atoms with Crippen LogP contribution in [-0.4, -0.2) is 36.0 Å². The van der Waals surface area contributed by atoms with Gasteiger partial charge in [-0.3, -0.25) is 9.59 Å². The first-order valence-electron chi connectivity index (χ1n) is 7.95. The summed E-state index contributed by atoms with van der Waals surface area (Å²) in [6.07, 6.45) is 0.161. The molecule has 6 heteroatoms. The van der Waals surface area contributed by atoms with E-state index >= 15 is 0 Å². The Morgan fingerprint density at radius 1 is 1.08 bits per heavy atom. The smallest absolute Gasteiger partial charge is 0.253 e. The van der Waals surface area contributed by atoms with Gasteiger partial charge in [-0.2, -0.15) is 0 Å². The molecule has 2 amide bonds. The quantitative estimate of drug-likeness (QED) is 0.776. The van der Waals surface area contributed by atoms with E-state index in [2.05, 4.69) is 10.5 Å². The molecule has 0 saturated carbocycles. The van der Waals surface area contributed by atoms with Gasteiger partial charge in [0.2, 0.25) is 5.91 Å². The number of para-hydroxylation sites is 1. The Bertz CT molecular complexity index is 898. The number of nitrogens with zero attached hydrogens (tertiary/aromatic N) is 2. The molecule has 0 bridgehead atoms. The lowest BCUT2D eigenvalue weighted by atomic mass is 10.1. The van der Waals surface area contributed by atoms with Gasteiger partial charge in [-0.25, -0.2) is 0 Å². The maximum atomic E-state index is 12.1. The van der Waals surface area contributed by atoms with E-state index in [4.69, 9.17) is 4.52 Å². The van der Waals surface area contributed by atoms with E-state index in [1.807, 2.05) is 36.4 Å². The van der Waals surface area contributed by atoms with Crippen molar-refractivity contribution >= 4 is 22.8 Å². The van der Waals surface area contributed by atoms with Crippen LogP contribution in [0.15, 0.2) is 53.1 Å². The van der Waals surface area contributed by atoms with Crippen molar-refractivity contribution in [3.05, 3.63) is 65.4 Å². The second-order valence-electron chi connectivity index (χ2n) is 5.98. The minimum absolute atomic E-state index is 0.0477. The summed E-state index contributed by atoms with van der Waals surface area (Å²) in [5.74, 6) is -0.180. The zero-order valence-electron chi connectivity index (χ0n) is 14.2. The van der Waals surface area contributed by atoms with Crippen LogP contribution >= 0.6 is 0 Å². The molecule has 0 aliphatic rings. The van der Waals surface area contributed by atoms with Crippen molar-refractivity contribution < 1.29 is 14.1 Å². The van der Waals surface area contributed by atoms with Gasteiger partial charge in [0, 0.05) is 31.6 Å². The van der Waals surface area contributed by atoms with Gasteiger partial charge >= 0.3 is 0 Å². The van der Waals surface area contributed by atoms with Gasteiger partial charge < -0.3 is 14.7 Å². The van der Waals surface area contributed by atoms with E-state index in [1.165, 1.54) is 4.90 Å². The predicted octanol–water partition coefficient (Wildman–Crippen LogP) is 2.39. The van der Waals surface area contributed by atoms with Gasteiger partial charge in [0.1, 0.15) is 5.69 Å². The Hall–Kier alpha value is -3.15. The number of aromatic nitrogens is 1. The molecule has 3 rings (SSSR count). The molecule has 1 aromatic heterocycles. The number of benzene rings is 2. The number of carbonyl (C=O) groups excluding carboxylic acids is 2. The second kappa shape index (κ2) is 7.17. The topological polar surface area (TPSA) is 75.4 Å². The maximum absolute atomic E-state index is 12.1. The molecule has 0 atom stereocenters. The normalized spacial score (nSPS) is 10.6. The molecule has 1 N–H and O–H groups in total. The lowest BCUT2D eigenvalue weighted by Gasteiger charge is -2.10. The SMILES string of the molecule is CN(C)C(=O)c1ccc(CNC(=O)Cc2noc3ccccc23)cc1. The second-order valence-corrected chi connectivity index (χ2v) is 5.98. The largest absolute Gasteiger partial charge is 0.356 e. The van der Waals surface area contributed by atoms with E-state index in [9.17, 15) is 9.59 Å². The molecule has 0 radical (unpaired) electrons. The molecule has 128 valence electrons. The molecule has 6 nitrogen and oxygen atoms in total. The Labute approximate surface area is 145 Å². The van der Waals surface area contributed by atoms with Crippen LogP contribution in [0.2, 0.25) is 0 Å². The first kappa shape index (κ1) is 16.7. The average Bonchev–Trinajstić information content (AvgIpc) is 3.03. The highest BCUT2D eigenvalue weighted by molar-refractivity contribution is 5.93. The first-order chi connectivity index (χ1) is 12.0. The van der Waals surface area contributed by atoms with E-state index in [-0.39, 0.29) is 18.2 Å². The summed E-state index contributed by atoms with van der Waals surface area (Å²) in [5, 5.41) is 7.67. The molecular weight excluding hydrogens is 318 g/mol. The Kier molecular flexibility index (Phi) is 4.79. The predicted molar refractivity (Wildman–Crippen MR) is 94.0 cm³/mol. The Balaban J connectivity index is 1.58. The summed E-state index contributed by atoms with van der Waals surface area (Å²) < 4.78 is 5.20. The van der Waals surface area contributed by atoms with E-state index in [0.29, 0.717) is 23.4 Å². The zero-order valence-corrected chi connectivity index (χ0v) is 14.2. The summed E-state index contributed by atoms with van der Waals surface area (Å²) in [7, 11) is 3.42. The highest BCUT2D eigenvalue weighted by atomic mass is 16.5. The number of rotatable bonds is 5. The summed E-state index contributed by atoms with van der Waals surface area (Å²) in [4.78, 5) is 25.5. The van der Waals surface area contributed by atoms with Gasteiger partial charge in [-0.15, -0.1) is 0 Å². The summed E-state index contributed by atoms with van der Waals surface area (Å²) in [6.45, 7) is 0.394. The van der Waals surface area contributed by atoms with Gasteiger partial charge in [0.25, 0.3) is 5.91 Å². The molecule has 1 heterocycles. The highest BCUT2D eigenvalue weighted by Crippen LogP contribution is 2.18. The van der Waals surface area contributed by atoms with Crippen LogP contribution < -0.4 is 5.32 Å². The number of fused-ring (bicyclic) bond motifs is 1. The molecule has 0 aliphatic carbocycles. The summed E-state index contributed by atoms with van der Waals surface area (Å²) >= 11 is 0. The van der Waals surface area contributed by atoms with E-state index in [0.717, 1.165) is 10.9 Å². The number of amides is 2. The molecule has 2 aromatic carbocycles. The third-order valence-electron chi connectivity index (χ3n) is 3.88. The van der Waals surface area contributed by atoms with Crippen molar-refractivity contribution in [1.82, 2.24) is 15.4 Å². The van der Waals surface area contributed by atoms with Crippen LogP contribution in [0.3, 0.4) is 0 Å². The monoisotopic (exact) mass is 337 g/mol. The zero-order chi connectivity index (χ0) is 17.8. The van der Waals surface area contributed by atoms with Gasteiger partial charge in [-0.05, 0) is 29.8 Å². The highest BCUT2D eigenvalue weighted by Gasteiger charge is 2.12. The minimum Gasteiger partial charge on any atom is -0.356 e. The van der Waals surface area contributed by atoms with Crippen LogP contribution in [0.25, 0.3) is 11.0 Å². The van der Waals surface area contributed by atoms with Crippen LogP contribution in [0, 0.1) is 0 Å². The molecule has 3 aromatic rings. The van der Waals surface area contributed by atoms with Crippen LogP contribution in [-0.2, 0) is 17.8 Å². The van der Waals surface area contributed by atoms with Crippen molar-refractivity contribution in [2.75, 3.05) is 14.1 Å². The fourth-order valence-electron chi connectivity index (χ4n) is 2.50. The first-order valence-corrected chi connectivity index (χ1v) is 7.95. The van der Waals surface area contributed by atoms with Crippen molar-refractivity contribution in [2.45, 2.75) is 13.0 Å². The van der Waals surface area contributed by atoms with Crippen LogP contribution in [0.1, 0.15) is 21.6 Å². The average molecular weight is 337 g/mol. The van der Waals surface area contributed by atoms with Gasteiger partial charge in [0.05, 0.1) is 6.42 Å². The number of nitrogens with one attached hydrogen (secondary N) is 1. The molecule has 0 spiro atoms. The molecular formula is C19H19N3O3.